The number of carbonyl (C=O) groups is 1. The number of rotatable bonds is 3. The van der Waals surface area contributed by atoms with Crippen LogP contribution in [0.3, 0.4) is 0 Å². The van der Waals surface area contributed by atoms with Crippen LogP contribution in [-0.2, 0) is 9.05 Å². The molecule has 8 heteroatoms. The minimum Gasteiger partial charge on any atom is -0.494 e. The topological polar surface area (TPSA) is 72.5 Å². The van der Waals surface area contributed by atoms with Gasteiger partial charge < -0.3 is 10.1 Å². The van der Waals surface area contributed by atoms with Gasteiger partial charge in [0, 0.05) is 23.3 Å². The summed E-state index contributed by atoms with van der Waals surface area (Å²) in [4.78, 5) is 11.2. The molecule has 0 unspecified atom stereocenters. The lowest BCUT2D eigenvalue weighted by Crippen LogP contribution is -2.18. The van der Waals surface area contributed by atoms with Gasteiger partial charge >= 0.3 is 0 Å². The zero-order chi connectivity index (χ0) is 13.2. The van der Waals surface area contributed by atoms with E-state index in [0.29, 0.717) is 4.47 Å². The highest BCUT2D eigenvalue weighted by molar-refractivity contribution is 9.10. The zero-order valence-corrected chi connectivity index (χ0v) is 12.1. The number of halogens is 2. The fourth-order valence-corrected chi connectivity index (χ4v) is 3.00. The highest BCUT2D eigenvalue weighted by Crippen LogP contribution is 2.35. The zero-order valence-electron chi connectivity index (χ0n) is 8.95. The van der Waals surface area contributed by atoms with Gasteiger partial charge in [0.1, 0.15) is 4.90 Å². The fourth-order valence-electron chi connectivity index (χ4n) is 1.22. The number of hydrogen-bond acceptors (Lipinski definition) is 4. The third kappa shape index (κ3) is 3.11. The average molecular weight is 343 g/mol. The number of benzene rings is 1. The molecule has 1 aromatic carbocycles. The molecule has 1 N–H and O–H groups in total. The number of methoxy groups -OCH3 is 1. The Balaban J connectivity index is 3.56. The Morgan fingerprint density at radius 1 is 1.47 bits per heavy atom. The molecule has 0 saturated carbocycles. The van der Waals surface area contributed by atoms with Gasteiger partial charge in [-0.3, -0.25) is 4.79 Å². The van der Waals surface area contributed by atoms with Crippen LogP contribution < -0.4 is 10.1 Å². The van der Waals surface area contributed by atoms with Gasteiger partial charge in [-0.15, -0.1) is 0 Å². The van der Waals surface area contributed by atoms with Crippen LogP contribution in [0.2, 0.25) is 0 Å². The number of ether oxygens (including phenoxy) is 1. The standard InChI is InChI=1S/C9H9BrClNO4S/c1-12-9(13)5-3-6(10)8(16-2)7(4-5)17(11,14)15/h3-4H,1-2H3,(H,12,13). The van der Waals surface area contributed by atoms with Crippen LogP contribution in [0.15, 0.2) is 21.5 Å². The molecule has 0 atom stereocenters. The molecule has 0 aliphatic heterocycles. The predicted molar refractivity (Wildman–Crippen MR) is 67.1 cm³/mol. The molecule has 0 radical (unpaired) electrons. The molecule has 0 aliphatic rings. The Kier molecular flexibility index (Phi) is 4.40. The molecule has 1 rings (SSSR count). The van der Waals surface area contributed by atoms with Crippen molar-refractivity contribution >= 4 is 41.6 Å². The second-order valence-electron chi connectivity index (χ2n) is 3.01. The van der Waals surface area contributed by atoms with E-state index in [4.69, 9.17) is 15.4 Å². The third-order valence-electron chi connectivity index (χ3n) is 1.97. The summed E-state index contributed by atoms with van der Waals surface area (Å²) in [7, 11) is 4.03. The Labute approximate surface area is 112 Å². The monoisotopic (exact) mass is 341 g/mol. The summed E-state index contributed by atoms with van der Waals surface area (Å²) in [6, 6.07) is 2.61. The van der Waals surface area contributed by atoms with Gasteiger partial charge in [0.2, 0.25) is 0 Å². The minimum atomic E-state index is -4.00. The quantitative estimate of drug-likeness (QED) is 0.849. The molecule has 0 aromatic heterocycles. The Morgan fingerprint density at radius 2 is 2.06 bits per heavy atom. The lowest BCUT2D eigenvalue weighted by atomic mass is 10.2. The summed E-state index contributed by atoms with van der Waals surface area (Å²) >= 11 is 3.12. The van der Waals surface area contributed by atoms with Crippen molar-refractivity contribution in [3.8, 4) is 5.75 Å². The van der Waals surface area contributed by atoms with E-state index >= 15 is 0 Å². The minimum absolute atomic E-state index is 0.0626. The first-order valence-corrected chi connectivity index (χ1v) is 7.45. The summed E-state index contributed by atoms with van der Waals surface area (Å²) in [5.41, 5.74) is 0.166. The second-order valence-corrected chi connectivity index (χ2v) is 6.40. The highest BCUT2D eigenvalue weighted by Gasteiger charge is 2.22. The average Bonchev–Trinajstić information content (AvgIpc) is 2.25. The van der Waals surface area contributed by atoms with Gasteiger partial charge in [0.25, 0.3) is 15.0 Å². The first-order chi connectivity index (χ1) is 7.81. The molecular weight excluding hydrogens is 334 g/mol. The Morgan fingerprint density at radius 3 is 2.47 bits per heavy atom. The lowest BCUT2D eigenvalue weighted by molar-refractivity contribution is 0.0962. The van der Waals surface area contributed by atoms with E-state index in [9.17, 15) is 13.2 Å². The van der Waals surface area contributed by atoms with Crippen molar-refractivity contribution in [1.82, 2.24) is 5.32 Å². The first kappa shape index (κ1) is 14.3. The number of carbonyl (C=O) groups excluding carboxylic acids is 1. The largest absolute Gasteiger partial charge is 0.494 e. The van der Waals surface area contributed by atoms with Gasteiger partial charge in [0.15, 0.2) is 5.75 Å². The molecule has 5 nitrogen and oxygen atoms in total. The van der Waals surface area contributed by atoms with Crippen molar-refractivity contribution in [2.24, 2.45) is 0 Å². The van der Waals surface area contributed by atoms with Gasteiger partial charge in [-0.25, -0.2) is 8.42 Å². The van der Waals surface area contributed by atoms with Crippen LogP contribution >= 0.6 is 26.6 Å². The molecule has 1 amide bonds. The lowest BCUT2D eigenvalue weighted by Gasteiger charge is -2.10. The molecule has 94 valence electrons. The molecule has 1 aromatic rings. The van der Waals surface area contributed by atoms with Crippen LogP contribution in [0, 0.1) is 0 Å². The predicted octanol–water partition coefficient (Wildman–Crippen LogP) is 1.74. The molecule has 0 saturated heterocycles. The molecular formula is C9H9BrClNO4S. The van der Waals surface area contributed by atoms with E-state index in [-0.39, 0.29) is 16.2 Å². The van der Waals surface area contributed by atoms with Gasteiger partial charge in [-0.05, 0) is 28.1 Å². The molecule has 0 aliphatic carbocycles. The molecule has 0 fully saturated rings. The van der Waals surface area contributed by atoms with Gasteiger partial charge in [0.05, 0.1) is 11.6 Å². The van der Waals surface area contributed by atoms with E-state index < -0.39 is 15.0 Å². The molecule has 0 spiro atoms. The summed E-state index contributed by atoms with van der Waals surface area (Å²) in [5.74, 6) is -0.359. The summed E-state index contributed by atoms with van der Waals surface area (Å²) in [5, 5.41) is 2.39. The smallest absolute Gasteiger partial charge is 0.265 e. The summed E-state index contributed by atoms with van der Waals surface area (Å²) in [6.45, 7) is 0. The number of amides is 1. The maximum absolute atomic E-state index is 11.4. The second kappa shape index (κ2) is 5.24. The Hall–Kier alpha value is -0.790. The molecule has 0 heterocycles. The van der Waals surface area contributed by atoms with Crippen molar-refractivity contribution in [3.63, 3.8) is 0 Å². The first-order valence-electron chi connectivity index (χ1n) is 4.35. The maximum Gasteiger partial charge on any atom is 0.265 e. The van der Waals surface area contributed by atoms with Gasteiger partial charge in [-0.2, -0.15) is 0 Å². The van der Waals surface area contributed by atoms with Crippen molar-refractivity contribution in [3.05, 3.63) is 22.2 Å². The van der Waals surface area contributed by atoms with Crippen LogP contribution in [0.5, 0.6) is 5.75 Å². The Bertz CT molecular complexity index is 558. The van der Waals surface area contributed by atoms with E-state index in [1.165, 1.54) is 20.2 Å². The van der Waals surface area contributed by atoms with Crippen LogP contribution in [0.25, 0.3) is 0 Å². The van der Waals surface area contributed by atoms with Crippen LogP contribution in [0.1, 0.15) is 10.4 Å². The van der Waals surface area contributed by atoms with Crippen molar-refractivity contribution in [2.45, 2.75) is 4.90 Å². The SMILES string of the molecule is CNC(=O)c1cc(Br)c(OC)c(S(=O)(=O)Cl)c1. The van der Waals surface area contributed by atoms with Crippen LogP contribution in [-0.4, -0.2) is 28.5 Å². The number of hydrogen-bond donors (Lipinski definition) is 1. The van der Waals surface area contributed by atoms with E-state index in [1.807, 2.05) is 0 Å². The normalized spacial score (nSPS) is 11.1. The van der Waals surface area contributed by atoms with E-state index in [0.717, 1.165) is 6.07 Å². The van der Waals surface area contributed by atoms with Crippen LogP contribution in [0.4, 0.5) is 0 Å². The maximum atomic E-state index is 11.4. The highest BCUT2D eigenvalue weighted by atomic mass is 79.9. The van der Waals surface area contributed by atoms with Gasteiger partial charge in [-0.1, -0.05) is 0 Å². The summed E-state index contributed by atoms with van der Waals surface area (Å²) in [6.07, 6.45) is 0. The third-order valence-corrected chi connectivity index (χ3v) is 3.88. The molecule has 0 bridgehead atoms. The van der Waals surface area contributed by atoms with E-state index in [2.05, 4.69) is 21.2 Å². The van der Waals surface area contributed by atoms with Crippen molar-refractivity contribution in [2.75, 3.05) is 14.2 Å². The van der Waals surface area contributed by atoms with E-state index in [1.54, 1.807) is 0 Å². The van der Waals surface area contributed by atoms with Crippen molar-refractivity contribution in [1.29, 1.82) is 0 Å². The fraction of sp³-hybridized carbons (Fsp3) is 0.222. The van der Waals surface area contributed by atoms with Crippen molar-refractivity contribution < 1.29 is 17.9 Å². The molecule has 17 heavy (non-hydrogen) atoms. The summed E-state index contributed by atoms with van der Waals surface area (Å²) < 4.78 is 28.0. The number of nitrogens with one attached hydrogen (secondary N) is 1.